The average Bonchev–Trinajstić information content (AvgIpc) is 2.39. The third kappa shape index (κ3) is 2.86. The van der Waals surface area contributed by atoms with Gasteiger partial charge in [-0.25, -0.2) is 0 Å². The Morgan fingerprint density at radius 1 is 0.895 bits per heavy atom. The largest absolute Gasteiger partial charge is 0.319 e. The van der Waals surface area contributed by atoms with E-state index in [1.54, 1.807) is 11.1 Å². The Morgan fingerprint density at radius 3 is 2.21 bits per heavy atom. The van der Waals surface area contributed by atoms with Crippen molar-refractivity contribution in [3.63, 3.8) is 0 Å². The highest BCUT2D eigenvalue weighted by Crippen LogP contribution is 2.40. The summed E-state index contributed by atoms with van der Waals surface area (Å²) in [5.74, 6) is 2.50. The maximum atomic E-state index is 3.39. The van der Waals surface area contributed by atoms with E-state index in [1.165, 1.54) is 51.5 Å². The summed E-state index contributed by atoms with van der Waals surface area (Å²) in [4.78, 5) is 0. The predicted octanol–water partition coefficient (Wildman–Crippen LogP) is 4.45. The smallest absolute Gasteiger partial charge is 0.00177 e. The molecule has 1 aromatic carbocycles. The first-order valence-corrected chi connectivity index (χ1v) is 8.13. The lowest BCUT2D eigenvalue weighted by molar-refractivity contribution is 0.301. The summed E-state index contributed by atoms with van der Waals surface area (Å²) in [5, 5.41) is 3.39. The molecule has 3 rings (SSSR count). The number of hydrogen-bond acceptors (Lipinski definition) is 1. The molecule has 2 aliphatic carbocycles. The molecule has 2 aliphatic rings. The van der Waals surface area contributed by atoms with E-state index in [1.807, 2.05) is 0 Å². The first kappa shape index (κ1) is 13.2. The van der Waals surface area contributed by atoms with Gasteiger partial charge in [0.05, 0.1) is 0 Å². The minimum absolute atomic E-state index is 0.789. The molecule has 19 heavy (non-hydrogen) atoms. The van der Waals surface area contributed by atoms with Gasteiger partial charge >= 0.3 is 0 Å². The van der Waals surface area contributed by atoms with Gasteiger partial charge in [-0.15, -0.1) is 0 Å². The zero-order valence-corrected chi connectivity index (χ0v) is 12.2. The molecule has 104 valence electrons. The molecule has 2 saturated carbocycles. The molecular formula is C18H27N. The van der Waals surface area contributed by atoms with Gasteiger partial charge in [-0.2, -0.15) is 0 Å². The van der Waals surface area contributed by atoms with Gasteiger partial charge in [-0.1, -0.05) is 43.5 Å². The van der Waals surface area contributed by atoms with E-state index in [0.717, 1.165) is 17.8 Å². The van der Waals surface area contributed by atoms with Crippen molar-refractivity contribution in [2.45, 2.75) is 56.8 Å². The normalized spacial score (nSPS) is 28.1. The maximum Gasteiger partial charge on any atom is -0.00177 e. The minimum atomic E-state index is 0.789. The quantitative estimate of drug-likeness (QED) is 0.840. The number of hydrogen-bond donors (Lipinski definition) is 1. The van der Waals surface area contributed by atoms with Crippen LogP contribution in [-0.2, 0) is 0 Å². The maximum absolute atomic E-state index is 3.39. The van der Waals surface area contributed by atoms with Gasteiger partial charge in [0.2, 0.25) is 0 Å². The predicted molar refractivity (Wildman–Crippen MR) is 81.7 cm³/mol. The lowest BCUT2D eigenvalue weighted by atomic mass is 9.74. The van der Waals surface area contributed by atoms with E-state index in [2.05, 4.69) is 36.6 Å². The summed E-state index contributed by atoms with van der Waals surface area (Å²) in [5.41, 5.74) is 3.17. The fraction of sp³-hybridized carbons (Fsp3) is 0.667. The summed E-state index contributed by atoms with van der Waals surface area (Å²) in [7, 11) is 2.09. The second-order valence-corrected chi connectivity index (χ2v) is 6.50. The molecule has 0 radical (unpaired) electrons. The molecule has 2 atom stereocenters. The molecule has 0 aromatic heterocycles. The summed E-state index contributed by atoms with van der Waals surface area (Å²) < 4.78 is 0. The highest BCUT2D eigenvalue weighted by Gasteiger charge is 2.26. The van der Waals surface area contributed by atoms with Gasteiger partial charge in [0.15, 0.2) is 0 Å². The van der Waals surface area contributed by atoms with Crippen molar-refractivity contribution >= 4 is 0 Å². The Kier molecular flexibility index (Phi) is 4.22. The first-order valence-electron chi connectivity index (χ1n) is 8.13. The topological polar surface area (TPSA) is 12.0 Å². The summed E-state index contributed by atoms with van der Waals surface area (Å²) >= 11 is 0. The van der Waals surface area contributed by atoms with Gasteiger partial charge in [-0.05, 0) is 68.2 Å². The molecule has 0 saturated heterocycles. The second kappa shape index (κ2) is 6.09. The summed E-state index contributed by atoms with van der Waals surface area (Å²) in [6.45, 7) is 1.18. The van der Waals surface area contributed by atoms with Crippen molar-refractivity contribution in [1.29, 1.82) is 0 Å². The van der Waals surface area contributed by atoms with Gasteiger partial charge in [0, 0.05) is 0 Å². The lowest BCUT2D eigenvalue weighted by Crippen LogP contribution is -2.27. The van der Waals surface area contributed by atoms with Crippen LogP contribution in [0.5, 0.6) is 0 Å². The van der Waals surface area contributed by atoms with E-state index in [0.29, 0.717) is 0 Å². The Morgan fingerprint density at radius 2 is 1.58 bits per heavy atom. The molecule has 1 heteroatoms. The van der Waals surface area contributed by atoms with E-state index in [4.69, 9.17) is 0 Å². The molecular weight excluding hydrogens is 230 g/mol. The van der Waals surface area contributed by atoms with Crippen LogP contribution in [0.2, 0.25) is 0 Å². The number of nitrogens with one attached hydrogen (secondary N) is 1. The first-order chi connectivity index (χ1) is 9.38. The Balaban J connectivity index is 1.72. The highest BCUT2D eigenvalue weighted by atomic mass is 14.8. The van der Waals surface area contributed by atoms with Crippen LogP contribution in [0, 0.1) is 5.92 Å². The third-order valence-electron chi connectivity index (χ3n) is 5.32. The van der Waals surface area contributed by atoms with E-state index >= 15 is 0 Å². The summed E-state index contributed by atoms with van der Waals surface area (Å²) in [6, 6.07) is 9.66. The van der Waals surface area contributed by atoms with Crippen LogP contribution in [-0.4, -0.2) is 13.6 Å². The van der Waals surface area contributed by atoms with Gasteiger partial charge in [0.1, 0.15) is 0 Å². The zero-order valence-electron chi connectivity index (χ0n) is 12.2. The van der Waals surface area contributed by atoms with Crippen LogP contribution < -0.4 is 5.32 Å². The van der Waals surface area contributed by atoms with Crippen LogP contribution in [0.15, 0.2) is 24.3 Å². The molecule has 1 N–H and O–H groups in total. The molecule has 2 fully saturated rings. The van der Waals surface area contributed by atoms with Gasteiger partial charge in [0.25, 0.3) is 0 Å². The van der Waals surface area contributed by atoms with Crippen LogP contribution >= 0.6 is 0 Å². The third-order valence-corrected chi connectivity index (χ3v) is 5.32. The van der Waals surface area contributed by atoms with Gasteiger partial charge in [-0.3, -0.25) is 0 Å². The van der Waals surface area contributed by atoms with Crippen LogP contribution in [0.4, 0.5) is 0 Å². The Bertz CT molecular complexity index is 389. The Labute approximate surface area is 117 Å². The van der Waals surface area contributed by atoms with E-state index in [9.17, 15) is 0 Å². The van der Waals surface area contributed by atoms with Crippen LogP contribution in [0.25, 0.3) is 0 Å². The zero-order chi connectivity index (χ0) is 13.1. The van der Waals surface area contributed by atoms with E-state index < -0.39 is 0 Å². The van der Waals surface area contributed by atoms with Crippen molar-refractivity contribution in [3.8, 4) is 0 Å². The fourth-order valence-electron chi connectivity index (χ4n) is 3.91. The fourth-order valence-corrected chi connectivity index (χ4v) is 3.91. The molecule has 0 amide bonds. The van der Waals surface area contributed by atoms with E-state index in [-0.39, 0.29) is 0 Å². The Hall–Kier alpha value is -0.820. The molecule has 2 unspecified atom stereocenters. The highest BCUT2D eigenvalue weighted by molar-refractivity contribution is 5.29. The van der Waals surface area contributed by atoms with Crippen molar-refractivity contribution in [2.24, 2.45) is 5.92 Å². The van der Waals surface area contributed by atoms with Crippen LogP contribution in [0.1, 0.15) is 67.9 Å². The molecule has 1 aromatic rings. The minimum Gasteiger partial charge on any atom is -0.319 e. The number of rotatable bonds is 4. The lowest BCUT2D eigenvalue weighted by Gasteiger charge is -2.32. The van der Waals surface area contributed by atoms with Crippen molar-refractivity contribution in [2.75, 3.05) is 13.6 Å². The molecule has 0 heterocycles. The van der Waals surface area contributed by atoms with Gasteiger partial charge < -0.3 is 5.32 Å². The van der Waals surface area contributed by atoms with Crippen molar-refractivity contribution < 1.29 is 0 Å². The second-order valence-electron chi connectivity index (χ2n) is 6.50. The van der Waals surface area contributed by atoms with Crippen LogP contribution in [0.3, 0.4) is 0 Å². The molecule has 1 nitrogen and oxygen atoms in total. The summed E-state index contributed by atoms with van der Waals surface area (Å²) in [6.07, 6.45) is 9.86. The average molecular weight is 257 g/mol. The number of benzene rings is 1. The molecule has 0 aliphatic heterocycles. The monoisotopic (exact) mass is 257 g/mol. The van der Waals surface area contributed by atoms with Crippen molar-refractivity contribution in [1.82, 2.24) is 5.32 Å². The van der Waals surface area contributed by atoms with Crippen molar-refractivity contribution in [3.05, 3.63) is 35.4 Å². The SMILES string of the molecule is CNCC1CCCCC1c1ccc(C2CCC2)cc1. The molecule has 0 bridgehead atoms. The standard InChI is InChI=1S/C18H27N/c1-19-13-17-5-2-3-8-18(17)16-11-9-15(10-12-16)14-6-4-7-14/h9-12,14,17-19H,2-8,13H2,1H3. The molecule has 0 spiro atoms.